The minimum absolute atomic E-state index is 0.0208. The van der Waals surface area contributed by atoms with Gasteiger partial charge in [0.2, 0.25) is 0 Å². The Balaban J connectivity index is 1.54. The summed E-state index contributed by atoms with van der Waals surface area (Å²) in [6.07, 6.45) is 5.07. The van der Waals surface area contributed by atoms with Gasteiger partial charge in [0.05, 0.1) is 34.6 Å². The first kappa shape index (κ1) is 28.8. The summed E-state index contributed by atoms with van der Waals surface area (Å²) in [7, 11) is 1.57. The number of ether oxygens (including phenoxy) is 2. The molecule has 44 heavy (non-hydrogen) atoms. The van der Waals surface area contributed by atoms with Crippen molar-refractivity contribution in [1.82, 2.24) is 14.3 Å². The molecule has 3 heterocycles. The summed E-state index contributed by atoms with van der Waals surface area (Å²) in [6, 6.07) is 22.0. The Hall–Kier alpha value is -5.35. The lowest BCUT2D eigenvalue weighted by Crippen LogP contribution is -2.39. The number of allylic oxidation sites excluding steroid dienone is 1. The van der Waals surface area contributed by atoms with Crippen LogP contribution < -0.4 is 19.6 Å². The van der Waals surface area contributed by atoms with Crippen LogP contribution in [-0.4, -0.2) is 34.0 Å². The fraction of sp³-hybridized carbons (Fsp3) is 0.118. The monoisotopic (exact) mass is 606 g/mol. The van der Waals surface area contributed by atoms with Gasteiger partial charge in [-0.2, -0.15) is 5.10 Å². The van der Waals surface area contributed by atoms with Gasteiger partial charge in [-0.3, -0.25) is 9.36 Å². The van der Waals surface area contributed by atoms with Crippen molar-refractivity contribution in [1.29, 1.82) is 0 Å². The number of carbonyl (C=O) groups is 1. The summed E-state index contributed by atoms with van der Waals surface area (Å²) >= 11 is 1.21. The molecule has 5 aromatic rings. The standard InChI is InChI=1S/C34H27FN4O4S/c1-4-18-43-33(41)29-21(2)36-34-39(31(29)23-12-16-27(42-3)17-13-23)32(40)28(44-34)19-24-20-38(26-8-6-5-7-9-26)37-30(24)22-10-14-25(35)15-11-22/h4-17,19-20,31H,1,18H2,2-3H3. The number of nitrogens with zero attached hydrogens (tertiary/aromatic N) is 4. The van der Waals surface area contributed by atoms with E-state index in [0.717, 1.165) is 5.69 Å². The fourth-order valence-corrected chi connectivity index (χ4v) is 6.11. The Kier molecular flexibility index (Phi) is 7.91. The molecule has 0 saturated heterocycles. The molecule has 1 atom stereocenters. The first-order valence-corrected chi connectivity index (χ1v) is 14.5. The minimum Gasteiger partial charge on any atom is -0.497 e. The molecule has 1 aliphatic rings. The topological polar surface area (TPSA) is 87.7 Å². The van der Waals surface area contributed by atoms with Crippen molar-refractivity contribution in [3.63, 3.8) is 0 Å². The summed E-state index contributed by atoms with van der Waals surface area (Å²) in [5, 5.41) is 4.79. The zero-order valence-electron chi connectivity index (χ0n) is 23.9. The van der Waals surface area contributed by atoms with Gasteiger partial charge < -0.3 is 9.47 Å². The molecule has 8 nitrogen and oxygen atoms in total. The van der Waals surface area contributed by atoms with Gasteiger partial charge in [0.1, 0.15) is 23.9 Å². The average Bonchev–Trinajstić information content (AvgIpc) is 3.60. The molecule has 0 spiro atoms. The van der Waals surface area contributed by atoms with E-state index in [0.29, 0.717) is 43.2 Å². The number of aromatic nitrogens is 3. The van der Waals surface area contributed by atoms with Crippen LogP contribution in [0.2, 0.25) is 0 Å². The Morgan fingerprint density at radius 1 is 1.07 bits per heavy atom. The normalized spacial score (nSPS) is 14.6. The maximum atomic E-state index is 14.2. The van der Waals surface area contributed by atoms with Crippen LogP contribution in [0.5, 0.6) is 5.75 Å². The van der Waals surface area contributed by atoms with Gasteiger partial charge in [0.15, 0.2) is 4.80 Å². The van der Waals surface area contributed by atoms with E-state index in [2.05, 4.69) is 11.6 Å². The zero-order chi connectivity index (χ0) is 30.8. The Morgan fingerprint density at radius 3 is 2.48 bits per heavy atom. The number of rotatable bonds is 8. The van der Waals surface area contributed by atoms with E-state index in [9.17, 15) is 14.0 Å². The number of esters is 1. The second-order valence-electron chi connectivity index (χ2n) is 9.96. The third kappa shape index (κ3) is 5.43. The number of thiazole rings is 1. The maximum absolute atomic E-state index is 14.2. The van der Waals surface area contributed by atoms with Crippen LogP contribution >= 0.6 is 11.3 Å². The summed E-state index contributed by atoms with van der Waals surface area (Å²) in [6.45, 7) is 5.38. The highest BCUT2D eigenvalue weighted by Crippen LogP contribution is 2.32. The highest BCUT2D eigenvalue weighted by Gasteiger charge is 2.33. The average molecular weight is 607 g/mol. The Morgan fingerprint density at radius 2 is 1.80 bits per heavy atom. The molecule has 220 valence electrons. The number of hydrogen-bond acceptors (Lipinski definition) is 7. The van der Waals surface area contributed by atoms with Gasteiger partial charge >= 0.3 is 5.97 Å². The first-order valence-electron chi connectivity index (χ1n) is 13.7. The predicted octanol–water partition coefficient (Wildman–Crippen LogP) is 4.96. The minimum atomic E-state index is -0.778. The van der Waals surface area contributed by atoms with Crippen molar-refractivity contribution in [3.05, 3.63) is 146 Å². The maximum Gasteiger partial charge on any atom is 0.338 e. The van der Waals surface area contributed by atoms with E-state index in [1.165, 1.54) is 34.1 Å². The second kappa shape index (κ2) is 12.1. The zero-order valence-corrected chi connectivity index (χ0v) is 24.8. The molecule has 3 aromatic carbocycles. The van der Waals surface area contributed by atoms with Gasteiger partial charge in [-0.1, -0.05) is 54.3 Å². The number of methoxy groups -OCH3 is 1. The molecule has 6 rings (SSSR count). The van der Waals surface area contributed by atoms with Crippen LogP contribution in [-0.2, 0) is 9.53 Å². The number of hydrogen-bond donors (Lipinski definition) is 0. The summed E-state index contributed by atoms with van der Waals surface area (Å²) in [5.74, 6) is -0.298. The third-order valence-electron chi connectivity index (χ3n) is 7.17. The van der Waals surface area contributed by atoms with E-state index in [-0.39, 0.29) is 23.6 Å². The van der Waals surface area contributed by atoms with E-state index in [1.54, 1.807) is 49.1 Å². The van der Waals surface area contributed by atoms with E-state index >= 15 is 0 Å². The summed E-state index contributed by atoms with van der Waals surface area (Å²) in [4.78, 5) is 32.6. The highest BCUT2D eigenvalue weighted by molar-refractivity contribution is 7.07. The molecule has 0 bridgehead atoms. The molecule has 0 saturated carbocycles. The second-order valence-corrected chi connectivity index (χ2v) is 11.0. The molecule has 1 aliphatic heterocycles. The summed E-state index contributed by atoms with van der Waals surface area (Å²) < 4.78 is 28.2. The van der Waals surface area contributed by atoms with Crippen LogP contribution in [0.3, 0.4) is 0 Å². The quantitative estimate of drug-likeness (QED) is 0.184. The van der Waals surface area contributed by atoms with Crippen molar-refractivity contribution in [2.24, 2.45) is 4.99 Å². The lowest BCUT2D eigenvalue weighted by atomic mass is 9.96. The van der Waals surface area contributed by atoms with E-state index < -0.39 is 12.0 Å². The van der Waals surface area contributed by atoms with Gasteiger partial charge in [-0.15, -0.1) is 0 Å². The molecule has 0 radical (unpaired) electrons. The van der Waals surface area contributed by atoms with Crippen molar-refractivity contribution in [3.8, 4) is 22.7 Å². The lowest BCUT2D eigenvalue weighted by Gasteiger charge is -2.24. The number of benzene rings is 3. The van der Waals surface area contributed by atoms with Gasteiger partial charge in [-0.05, 0) is 67.1 Å². The van der Waals surface area contributed by atoms with Crippen molar-refractivity contribution in [2.75, 3.05) is 13.7 Å². The van der Waals surface area contributed by atoms with E-state index in [1.807, 2.05) is 48.7 Å². The van der Waals surface area contributed by atoms with Crippen molar-refractivity contribution >= 4 is 23.4 Å². The number of fused-ring (bicyclic) bond motifs is 1. The molecule has 0 aliphatic carbocycles. The van der Waals surface area contributed by atoms with Crippen LogP contribution in [0.25, 0.3) is 23.0 Å². The van der Waals surface area contributed by atoms with Crippen LogP contribution in [0.15, 0.2) is 119 Å². The van der Waals surface area contributed by atoms with Gasteiger partial charge in [0.25, 0.3) is 5.56 Å². The molecule has 0 N–H and O–H groups in total. The van der Waals surface area contributed by atoms with Gasteiger partial charge in [0, 0.05) is 17.3 Å². The largest absolute Gasteiger partial charge is 0.497 e. The first-order chi connectivity index (χ1) is 21.4. The number of para-hydroxylation sites is 1. The molecule has 1 unspecified atom stereocenters. The smallest absolute Gasteiger partial charge is 0.338 e. The number of halogens is 1. The third-order valence-corrected chi connectivity index (χ3v) is 8.16. The van der Waals surface area contributed by atoms with Crippen molar-refractivity contribution in [2.45, 2.75) is 13.0 Å². The molecule has 2 aromatic heterocycles. The molecule has 10 heteroatoms. The van der Waals surface area contributed by atoms with E-state index in [4.69, 9.17) is 14.6 Å². The molecule has 0 fully saturated rings. The lowest BCUT2D eigenvalue weighted by molar-refractivity contribution is -0.138. The number of carbonyl (C=O) groups excluding carboxylic acids is 1. The fourth-order valence-electron chi connectivity index (χ4n) is 5.08. The molecular weight excluding hydrogens is 579 g/mol. The highest BCUT2D eigenvalue weighted by atomic mass is 32.1. The Bertz CT molecular complexity index is 2080. The predicted molar refractivity (Wildman–Crippen MR) is 167 cm³/mol. The molecule has 0 amide bonds. The van der Waals surface area contributed by atoms with Crippen LogP contribution in [0.4, 0.5) is 4.39 Å². The van der Waals surface area contributed by atoms with Crippen LogP contribution in [0, 0.1) is 5.82 Å². The van der Waals surface area contributed by atoms with Crippen LogP contribution in [0.1, 0.15) is 24.1 Å². The van der Waals surface area contributed by atoms with Gasteiger partial charge in [-0.25, -0.2) is 18.9 Å². The molecular formula is C34H27FN4O4S. The summed E-state index contributed by atoms with van der Waals surface area (Å²) in [5.41, 5.74) is 3.85. The van der Waals surface area contributed by atoms with Crippen molar-refractivity contribution < 1.29 is 18.7 Å². The SMILES string of the molecule is C=CCOC(=O)C1=C(C)N=c2sc(=Cc3cn(-c4ccccc4)nc3-c3ccc(F)cc3)c(=O)n2C1c1ccc(OC)cc1. The Labute approximate surface area is 256 Å².